The van der Waals surface area contributed by atoms with Gasteiger partial charge in [0.25, 0.3) is 0 Å². The molecule has 0 saturated carbocycles. The van der Waals surface area contributed by atoms with Gasteiger partial charge in [-0.15, -0.1) is 0 Å². The molecule has 1 amide bonds. The molecule has 0 unspecified atom stereocenters. The van der Waals surface area contributed by atoms with Gasteiger partial charge in [-0.2, -0.15) is 0 Å². The van der Waals surface area contributed by atoms with Gasteiger partial charge in [-0.3, -0.25) is 9.59 Å². The summed E-state index contributed by atoms with van der Waals surface area (Å²) >= 11 is 0. The van der Waals surface area contributed by atoms with Crippen LogP contribution in [0.1, 0.15) is 48.5 Å². The predicted molar refractivity (Wildman–Crippen MR) is 103 cm³/mol. The van der Waals surface area contributed by atoms with E-state index in [-0.39, 0.29) is 17.6 Å². The molecule has 0 aromatic heterocycles. The number of allylic oxidation sites excluding steroid dienone is 2. The van der Waals surface area contributed by atoms with E-state index >= 15 is 0 Å². The lowest BCUT2D eigenvalue weighted by molar-refractivity contribution is -0.127. The second-order valence-electron chi connectivity index (χ2n) is 7.58. The van der Waals surface area contributed by atoms with Crippen LogP contribution in [0.4, 0.5) is 5.69 Å². The maximum absolute atomic E-state index is 13.7. The van der Waals surface area contributed by atoms with Gasteiger partial charge in [0, 0.05) is 24.2 Å². The van der Waals surface area contributed by atoms with Crippen molar-refractivity contribution >= 4 is 17.4 Å². The first kappa shape index (κ1) is 16.8. The van der Waals surface area contributed by atoms with E-state index in [0.29, 0.717) is 12.0 Å². The number of anilines is 1. The van der Waals surface area contributed by atoms with Crippen LogP contribution in [0.15, 0.2) is 65.7 Å². The SMILES string of the molecule is CC1=C(C)C[C@]2(C(=O)c3ccccc3)C(=O)N(C)c3ccccc3[C@@H]2C1. The summed E-state index contributed by atoms with van der Waals surface area (Å²) in [6.45, 7) is 4.18. The van der Waals surface area contributed by atoms with Crippen molar-refractivity contribution in [3.63, 3.8) is 0 Å². The maximum Gasteiger partial charge on any atom is 0.241 e. The van der Waals surface area contributed by atoms with Gasteiger partial charge in [0.1, 0.15) is 5.41 Å². The van der Waals surface area contributed by atoms with Crippen molar-refractivity contribution in [2.75, 3.05) is 11.9 Å². The Hall–Kier alpha value is -2.68. The number of hydrogen-bond donors (Lipinski definition) is 0. The third kappa shape index (κ3) is 2.20. The first-order valence-electron chi connectivity index (χ1n) is 9.09. The molecule has 0 spiro atoms. The molecule has 1 heterocycles. The molecular formula is C23H23NO2. The Bertz CT molecular complexity index is 928. The average Bonchev–Trinajstić information content (AvgIpc) is 2.68. The van der Waals surface area contributed by atoms with E-state index in [9.17, 15) is 9.59 Å². The Morgan fingerprint density at radius 2 is 1.65 bits per heavy atom. The van der Waals surface area contributed by atoms with Crippen LogP contribution in [0.3, 0.4) is 0 Å². The number of rotatable bonds is 2. The van der Waals surface area contributed by atoms with Crippen molar-refractivity contribution < 1.29 is 9.59 Å². The summed E-state index contributed by atoms with van der Waals surface area (Å²) in [5, 5.41) is 0. The molecule has 3 nitrogen and oxygen atoms in total. The van der Waals surface area contributed by atoms with E-state index < -0.39 is 5.41 Å². The lowest BCUT2D eigenvalue weighted by Crippen LogP contribution is -2.55. The molecule has 0 fully saturated rings. The van der Waals surface area contributed by atoms with Crippen molar-refractivity contribution in [3.8, 4) is 0 Å². The summed E-state index contributed by atoms with van der Waals surface area (Å²) in [5.74, 6) is -0.248. The van der Waals surface area contributed by atoms with E-state index in [2.05, 4.69) is 19.9 Å². The van der Waals surface area contributed by atoms with Crippen LogP contribution in [0.25, 0.3) is 0 Å². The lowest BCUT2D eigenvalue weighted by atomic mass is 9.57. The zero-order valence-corrected chi connectivity index (χ0v) is 15.5. The number of ketones is 1. The number of amides is 1. The Kier molecular flexibility index (Phi) is 3.83. The normalized spacial score (nSPS) is 25.0. The number of benzene rings is 2. The van der Waals surface area contributed by atoms with Gasteiger partial charge in [0.15, 0.2) is 5.78 Å². The zero-order chi connectivity index (χ0) is 18.5. The standard InChI is InChI=1S/C23H23NO2/c1-15-13-19-18-11-7-8-12-20(18)24(3)22(26)23(19,14-16(15)2)21(25)17-9-5-4-6-10-17/h4-12,19H,13-14H2,1-3H3/t19-,23-/m0/s1. The van der Waals surface area contributed by atoms with Crippen LogP contribution in [0.5, 0.6) is 0 Å². The summed E-state index contributed by atoms with van der Waals surface area (Å²) < 4.78 is 0. The molecule has 2 atom stereocenters. The van der Waals surface area contributed by atoms with E-state index in [1.54, 1.807) is 11.9 Å². The fourth-order valence-corrected chi connectivity index (χ4v) is 4.63. The minimum atomic E-state index is -1.05. The highest BCUT2D eigenvalue weighted by Crippen LogP contribution is 2.56. The fraction of sp³-hybridized carbons (Fsp3) is 0.304. The van der Waals surface area contributed by atoms with Crippen LogP contribution >= 0.6 is 0 Å². The first-order chi connectivity index (χ1) is 12.5. The van der Waals surface area contributed by atoms with Gasteiger partial charge >= 0.3 is 0 Å². The predicted octanol–water partition coefficient (Wildman–Crippen LogP) is 4.75. The number of carbonyl (C=O) groups excluding carboxylic acids is 2. The molecule has 26 heavy (non-hydrogen) atoms. The van der Waals surface area contributed by atoms with E-state index in [1.807, 2.05) is 48.5 Å². The van der Waals surface area contributed by atoms with E-state index in [0.717, 1.165) is 23.2 Å². The largest absolute Gasteiger partial charge is 0.314 e. The minimum absolute atomic E-state index is 0.0543. The van der Waals surface area contributed by atoms with Crippen LogP contribution < -0.4 is 4.90 Å². The molecule has 0 N–H and O–H groups in total. The second kappa shape index (κ2) is 5.94. The second-order valence-corrected chi connectivity index (χ2v) is 7.58. The lowest BCUT2D eigenvalue weighted by Gasteiger charge is -2.49. The van der Waals surface area contributed by atoms with Crippen molar-refractivity contribution in [2.45, 2.75) is 32.6 Å². The van der Waals surface area contributed by atoms with Crippen molar-refractivity contribution in [3.05, 3.63) is 76.9 Å². The van der Waals surface area contributed by atoms with Gasteiger partial charge in [-0.25, -0.2) is 0 Å². The molecule has 4 rings (SSSR count). The van der Waals surface area contributed by atoms with E-state index in [1.165, 1.54) is 5.57 Å². The van der Waals surface area contributed by atoms with Crippen molar-refractivity contribution in [2.24, 2.45) is 5.41 Å². The number of nitrogens with zero attached hydrogens (tertiary/aromatic N) is 1. The molecule has 0 bridgehead atoms. The summed E-state index contributed by atoms with van der Waals surface area (Å²) in [4.78, 5) is 29.0. The molecule has 2 aliphatic rings. The average molecular weight is 345 g/mol. The summed E-state index contributed by atoms with van der Waals surface area (Å²) in [6, 6.07) is 17.3. The highest BCUT2D eigenvalue weighted by Gasteiger charge is 2.58. The smallest absolute Gasteiger partial charge is 0.241 e. The summed E-state index contributed by atoms with van der Waals surface area (Å²) in [6.07, 6.45) is 1.25. The highest BCUT2D eigenvalue weighted by atomic mass is 16.2. The molecule has 3 heteroatoms. The van der Waals surface area contributed by atoms with Gasteiger partial charge < -0.3 is 4.90 Å². The third-order valence-corrected chi connectivity index (χ3v) is 6.18. The number of hydrogen-bond acceptors (Lipinski definition) is 2. The van der Waals surface area contributed by atoms with Gasteiger partial charge in [-0.05, 0) is 38.3 Å². The molecule has 1 aliphatic carbocycles. The molecule has 2 aromatic carbocycles. The van der Waals surface area contributed by atoms with Gasteiger partial charge in [-0.1, -0.05) is 59.7 Å². The highest BCUT2D eigenvalue weighted by molar-refractivity contribution is 6.20. The monoisotopic (exact) mass is 345 g/mol. The Morgan fingerprint density at radius 1 is 1.00 bits per heavy atom. The number of para-hydroxylation sites is 1. The first-order valence-corrected chi connectivity index (χ1v) is 9.09. The molecule has 0 radical (unpaired) electrons. The van der Waals surface area contributed by atoms with Crippen molar-refractivity contribution in [1.82, 2.24) is 0 Å². The molecule has 132 valence electrons. The minimum Gasteiger partial charge on any atom is -0.314 e. The third-order valence-electron chi connectivity index (χ3n) is 6.18. The maximum atomic E-state index is 13.7. The van der Waals surface area contributed by atoms with Crippen LogP contribution in [0, 0.1) is 5.41 Å². The topological polar surface area (TPSA) is 37.4 Å². The van der Waals surface area contributed by atoms with Crippen LogP contribution in [0.2, 0.25) is 0 Å². The molecular weight excluding hydrogens is 322 g/mol. The number of fused-ring (bicyclic) bond motifs is 3. The molecule has 2 aromatic rings. The van der Waals surface area contributed by atoms with Gasteiger partial charge in [0.05, 0.1) is 0 Å². The summed E-state index contributed by atoms with van der Waals surface area (Å²) in [5.41, 5.74) is 4.04. The van der Waals surface area contributed by atoms with Crippen molar-refractivity contribution in [1.29, 1.82) is 0 Å². The van der Waals surface area contributed by atoms with Crippen LogP contribution in [-0.4, -0.2) is 18.7 Å². The summed E-state index contributed by atoms with van der Waals surface area (Å²) in [7, 11) is 1.79. The number of carbonyl (C=O) groups is 2. The number of Topliss-reactive ketones (excluding diaryl/α,β-unsaturated/α-hetero) is 1. The quantitative estimate of drug-likeness (QED) is 0.448. The Balaban J connectivity index is 1.97. The van der Waals surface area contributed by atoms with Gasteiger partial charge in [0.2, 0.25) is 5.91 Å². The Morgan fingerprint density at radius 3 is 2.38 bits per heavy atom. The molecule has 1 aliphatic heterocycles. The zero-order valence-electron chi connectivity index (χ0n) is 15.5. The fourth-order valence-electron chi connectivity index (χ4n) is 4.63. The Labute approximate surface area is 154 Å². The van der Waals surface area contributed by atoms with E-state index in [4.69, 9.17) is 0 Å². The van der Waals surface area contributed by atoms with Crippen LogP contribution in [-0.2, 0) is 4.79 Å². The molecule has 0 saturated heterocycles.